The molecule has 124 valence electrons. The van der Waals surface area contributed by atoms with Crippen LogP contribution in [0, 0.1) is 0 Å². The van der Waals surface area contributed by atoms with Crippen molar-refractivity contribution in [3.63, 3.8) is 0 Å². The smallest absolute Gasteiger partial charge is 0.278 e. The summed E-state index contributed by atoms with van der Waals surface area (Å²) in [5.74, 6) is -0.173. The maximum absolute atomic E-state index is 12.9. The van der Waals surface area contributed by atoms with E-state index in [2.05, 4.69) is 23.3 Å². The summed E-state index contributed by atoms with van der Waals surface area (Å²) >= 11 is 0. The van der Waals surface area contributed by atoms with Crippen molar-refractivity contribution in [1.29, 1.82) is 0 Å². The van der Waals surface area contributed by atoms with E-state index in [4.69, 9.17) is 0 Å². The van der Waals surface area contributed by atoms with Gasteiger partial charge in [0.2, 0.25) is 0 Å². The Balaban J connectivity index is 1.72. The molecular weight excluding hydrogens is 314 g/mol. The average molecular weight is 331 g/mol. The number of rotatable bonds is 3. The molecule has 4 rings (SSSR count). The van der Waals surface area contributed by atoms with E-state index < -0.39 is 0 Å². The first-order valence-corrected chi connectivity index (χ1v) is 8.17. The second-order valence-corrected chi connectivity index (χ2v) is 6.07. The van der Waals surface area contributed by atoms with Crippen LogP contribution in [0.5, 0.6) is 0 Å². The van der Waals surface area contributed by atoms with Crippen LogP contribution in [0.2, 0.25) is 0 Å². The summed E-state index contributed by atoms with van der Waals surface area (Å²) in [5.41, 5.74) is 5.08. The molecule has 0 atom stereocenters. The molecule has 5 nitrogen and oxygen atoms in total. The lowest BCUT2D eigenvalue weighted by molar-refractivity contribution is 0.0983. The normalized spacial score (nSPS) is 12.9. The fourth-order valence-corrected chi connectivity index (χ4v) is 3.37. The SMILES string of the molecule is Cn1nc(C(=O)N2CCc3c(-c4ccccc4)cccc32)cc1C=O. The Labute approximate surface area is 145 Å². The Hall–Kier alpha value is -3.21. The fraction of sp³-hybridized carbons (Fsp3) is 0.150. The van der Waals surface area contributed by atoms with E-state index in [1.807, 2.05) is 30.3 Å². The highest BCUT2D eigenvalue weighted by molar-refractivity contribution is 6.07. The number of hydrogen-bond acceptors (Lipinski definition) is 3. The largest absolute Gasteiger partial charge is 0.306 e. The molecule has 0 bridgehead atoms. The lowest BCUT2D eigenvalue weighted by Crippen LogP contribution is -2.29. The van der Waals surface area contributed by atoms with Crippen molar-refractivity contribution >= 4 is 17.9 Å². The number of carbonyl (C=O) groups excluding carboxylic acids is 2. The van der Waals surface area contributed by atoms with Crippen LogP contribution < -0.4 is 4.90 Å². The zero-order valence-electron chi connectivity index (χ0n) is 13.8. The zero-order valence-corrected chi connectivity index (χ0v) is 13.8. The third-order valence-electron chi connectivity index (χ3n) is 4.61. The average Bonchev–Trinajstić information content (AvgIpc) is 3.25. The maximum Gasteiger partial charge on any atom is 0.278 e. The van der Waals surface area contributed by atoms with Crippen LogP contribution in [0.15, 0.2) is 54.6 Å². The van der Waals surface area contributed by atoms with Crippen LogP contribution in [0.1, 0.15) is 26.5 Å². The van der Waals surface area contributed by atoms with E-state index in [1.165, 1.54) is 16.3 Å². The molecule has 2 aromatic carbocycles. The van der Waals surface area contributed by atoms with E-state index in [1.54, 1.807) is 11.9 Å². The molecule has 0 unspecified atom stereocenters. The number of hydrogen-bond donors (Lipinski definition) is 0. The molecule has 3 aromatic rings. The second kappa shape index (κ2) is 6.02. The third kappa shape index (κ3) is 2.54. The predicted molar refractivity (Wildman–Crippen MR) is 95.9 cm³/mol. The van der Waals surface area contributed by atoms with Gasteiger partial charge >= 0.3 is 0 Å². The Morgan fingerprint density at radius 2 is 1.92 bits per heavy atom. The monoisotopic (exact) mass is 331 g/mol. The molecule has 2 heterocycles. The molecule has 0 N–H and O–H groups in total. The van der Waals surface area contributed by atoms with Gasteiger partial charge in [-0.3, -0.25) is 14.3 Å². The molecule has 0 aliphatic carbocycles. The second-order valence-electron chi connectivity index (χ2n) is 6.07. The Morgan fingerprint density at radius 1 is 1.12 bits per heavy atom. The maximum atomic E-state index is 12.9. The molecule has 1 aromatic heterocycles. The number of carbonyl (C=O) groups is 2. The molecule has 0 saturated heterocycles. The summed E-state index contributed by atoms with van der Waals surface area (Å²) in [4.78, 5) is 25.6. The Morgan fingerprint density at radius 3 is 2.64 bits per heavy atom. The first-order valence-electron chi connectivity index (χ1n) is 8.17. The molecule has 0 spiro atoms. The van der Waals surface area contributed by atoms with Crippen molar-refractivity contribution < 1.29 is 9.59 Å². The Kier molecular flexibility index (Phi) is 3.69. The minimum Gasteiger partial charge on any atom is -0.306 e. The zero-order chi connectivity index (χ0) is 17.4. The number of anilines is 1. The van der Waals surface area contributed by atoms with Gasteiger partial charge in [-0.25, -0.2) is 0 Å². The number of amides is 1. The van der Waals surface area contributed by atoms with Crippen LogP contribution >= 0.6 is 0 Å². The summed E-state index contributed by atoms with van der Waals surface area (Å²) in [6, 6.07) is 17.8. The number of aldehydes is 1. The van der Waals surface area contributed by atoms with Crippen molar-refractivity contribution in [3.05, 3.63) is 71.5 Å². The van der Waals surface area contributed by atoms with Gasteiger partial charge in [0.05, 0.1) is 0 Å². The first kappa shape index (κ1) is 15.3. The van der Waals surface area contributed by atoms with Crippen LogP contribution in [0.3, 0.4) is 0 Å². The van der Waals surface area contributed by atoms with Crippen LogP contribution in [-0.2, 0) is 13.5 Å². The lowest BCUT2D eigenvalue weighted by Gasteiger charge is -2.16. The summed E-state index contributed by atoms with van der Waals surface area (Å²) in [6.07, 6.45) is 1.51. The van der Waals surface area contributed by atoms with Crippen LogP contribution in [0.4, 0.5) is 5.69 Å². The summed E-state index contributed by atoms with van der Waals surface area (Å²) < 4.78 is 1.43. The van der Waals surface area contributed by atoms with E-state index >= 15 is 0 Å². The molecule has 5 heteroatoms. The minimum atomic E-state index is -0.173. The lowest BCUT2D eigenvalue weighted by atomic mass is 9.98. The van der Waals surface area contributed by atoms with Gasteiger partial charge in [-0.1, -0.05) is 42.5 Å². The van der Waals surface area contributed by atoms with E-state index in [0.29, 0.717) is 24.2 Å². The first-order chi connectivity index (χ1) is 12.2. The molecule has 0 radical (unpaired) electrons. The van der Waals surface area contributed by atoms with Gasteiger partial charge < -0.3 is 4.90 Å². The highest BCUT2D eigenvalue weighted by Crippen LogP contribution is 2.36. The molecule has 0 fully saturated rings. The van der Waals surface area contributed by atoms with Gasteiger partial charge in [0.1, 0.15) is 5.69 Å². The van der Waals surface area contributed by atoms with Crippen LogP contribution in [0.25, 0.3) is 11.1 Å². The van der Waals surface area contributed by atoms with E-state index in [9.17, 15) is 9.59 Å². The van der Waals surface area contributed by atoms with Crippen molar-refractivity contribution in [2.45, 2.75) is 6.42 Å². The van der Waals surface area contributed by atoms with Gasteiger partial charge in [0, 0.05) is 19.3 Å². The quantitative estimate of drug-likeness (QED) is 0.693. The summed E-state index contributed by atoms with van der Waals surface area (Å²) in [7, 11) is 1.66. The third-order valence-corrected chi connectivity index (χ3v) is 4.61. The van der Waals surface area contributed by atoms with Gasteiger partial charge in [-0.15, -0.1) is 0 Å². The molecule has 1 aliphatic rings. The van der Waals surface area contributed by atoms with Crippen molar-refractivity contribution in [1.82, 2.24) is 9.78 Å². The molecule has 1 amide bonds. The Bertz CT molecular complexity index is 960. The summed E-state index contributed by atoms with van der Waals surface area (Å²) in [5, 5.41) is 4.17. The van der Waals surface area contributed by atoms with Gasteiger partial charge in [0.15, 0.2) is 12.0 Å². The number of fused-ring (bicyclic) bond motifs is 1. The standard InChI is InChI=1S/C20H17N3O2/c1-22-15(13-24)12-18(21-22)20(25)23-11-10-17-16(8-5-9-19(17)23)14-6-3-2-4-7-14/h2-9,12-13H,10-11H2,1H3. The molecular formula is C20H17N3O2. The topological polar surface area (TPSA) is 55.2 Å². The number of aryl methyl sites for hydroxylation is 1. The minimum absolute atomic E-state index is 0.173. The number of nitrogens with zero attached hydrogens (tertiary/aromatic N) is 3. The molecule has 0 saturated carbocycles. The van der Waals surface area contributed by atoms with E-state index in [0.717, 1.165) is 23.2 Å². The van der Waals surface area contributed by atoms with Crippen molar-refractivity contribution in [2.24, 2.45) is 7.05 Å². The molecule has 25 heavy (non-hydrogen) atoms. The van der Waals surface area contributed by atoms with Gasteiger partial charge in [-0.05, 0) is 35.2 Å². The van der Waals surface area contributed by atoms with Gasteiger partial charge in [-0.2, -0.15) is 5.10 Å². The van der Waals surface area contributed by atoms with Crippen molar-refractivity contribution in [3.8, 4) is 11.1 Å². The fourth-order valence-electron chi connectivity index (χ4n) is 3.37. The predicted octanol–water partition coefficient (Wildman–Crippen LogP) is 3.10. The van der Waals surface area contributed by atoms with E-state index in [-0.39, 0.29) is 5.91 Å². The number of aromatic nitrogens is 2. The van der Waals surface area contributed by atoms with Crippen molar-refractivity contribution in [2.75, 3.05) is 11.4 Å². The highest BCUT2D eigenvalue weighted by atomic mass is 16.2. The van der Waals surface area contributed by atoms with Gasteiger partial charge in [0.25, 0.3) is 5.91 Å². The highest BCUT2D eigenvalue weighted by Gasteiger charge is 2.29. The number of benzene rings is 2. The van der Waals surface area contributed by atoms with Crippen LogP contribution in [-0.4, -0.2) is 28.5 Å². The molecule has 1 aliphatic heterocycles. The summed E-state index contributed by atoms with van der Waals surface area (Å²) in [6.45, 7) is 0.616.